The molecule has 2 aromatic carbocycles. The molecule has 254 valence electrons. The smallest absolute Gasteiger partial charge is 0.0875 e. The Morgan fingerprint density at radius 2 is 0.900 bits per heavy atom. The number of fused-ring (bicyclic) bond motifs is 8. The molecule has 5 aromatic rings. The number of rotatable bonds is 10. The van der Waals surface area contributed by atoms with Crippen molar-refractivity contribution in [2.75, 3.05) is 66.9 Å². The summed E-state index contributed by atoms with van der Waals surface area (Å²) in [4.78, 5) is 20.2. The Labute approximate surface area is 304 Å². The lowest BCUT2D eigenvalue weighted by atomic mass is 10.0. The van der Waals surface area contributed by atoms with E-state index >= 15 is 0 Å². The second kappa shape index (κ2) is 14.1. The first-order chi connectivity index (χ1) is 24.0. The van der Waals surface area contributed by atoms with E-state index in [4.69, 9.17) is 9.97 Å². The van der Waals surface area contributed by atoms with Gasteiger partial charge in [0, 0.05) is 54.5 Å². The number of H-pyrrole nitrogens is 2. The highest BCUT2D eigenvalue weighted by molar-refractivity contribution is 7.99. The fourth-order valence-electron chi connectivity index (χ4n) is 5.99. The first-order valence-electron chi connectivity index (χ1n) is 17.1. The van der Waals surface area contributed by atoms with Crippen molar-refractivity contribution in [3.05, 3.63) is 108 Å². The molecule has 0 saturated carbocycles. The molecule has 2 N–H and O–H groups in total. The van der Waals surface area contributed by atoms with Crippen molar-refractivity contribution in [3.8, 4) is 22.3 Å². The highest BCUT2D eigenvalue weighted by Crippen LogP contribution is 2.34. The zero-order valence-electron chi connectivity index (χ0n) is 29.8. The average Bonchev–Trinajstić information content (AvgIpc) is 3.88. The van der Waals surface area contributed by atoms with Crippen LogP contribution < -0.4 is 0 Å². The maximum absolute atomic E-state index is 5.13. The molecule has 0 spiro atoms. The first-order valence-corrected chi connectivity index (χ1v) is 19.1. The van der Waals surface area contributed by atoms with Crippen LogP contribution in [0, 0.1) is 0 Å². The molecular weight excluding hydrogens is 653 g/mol. The van der Waals surface area contributed by atoms with Gasteiger partial charge in [-0.3, -0.25) is 0 Å². The van der Waals surface area contributed by atoms with E-state index in [0.29, 0.717) is 0 Å². The molecule has 0 saturated heterocycles. The van der Waals surface area contributed by atoms with Gasteiger partial charge in [-0.2, -0.15) is 0 Å². The van der Waals surface area contributed by atoms with Crippen LogP contribution in [0.1, 0.15) is 22.8 Å². The minimum Gasteiger partial charge on any atom is -0.355 e. The van der Waals surface area contributed by atoms with Gasteiger partial charge >= 0.3 is 0 Å². The minimum absolute atomic E-state index is 0.911. The summed E-state index contributed by atoms with van der Waals surface area (Å²) >= 11 is 3.82. The van der Waals surface area contributed by atoms with Crippen molar-refractivity contribution in [2.45, 2.75) is 9.79 Å². The third-order valence-electron chi connectivity index (χ3n) is 8.75. The van der Waals surface area contributed by atoms with Crippen molar-refractivity contribution in [3.63, 3.8) is 0 Å². The van der Waals surface area contributed by atoms with Crippen LogP contribution in [0.25, 0.3) is 68.6 Å². The summed E-state index contributed by atoms with van der Waals surface area (Å²) < 4.78 is 1.93. The zero-order chi connectivity index (χ0) is 34.9. The van der Waals surface area contributed by atoms with Crippen molar-refractivity contribution in [2.24, 2.45) is 0 Å². The predicted octanol–water partition coefficient (Wildman–Crippen LogP) is 9.59. The third kappa shape index (κ3) is 8.33. The van der Waals surface area contributed by atoms with Gasteiger partial charge in [0.15, 0.2) is 0 Å². The summed E-state index contributed by atoms with van der Waals surface area (Å²) in [5.74, 6) is 2.16. The van der Waals surface area contributed by atoms with E-state index in [2.05, 4.69) is 161 Å². The molecule has 5 heterocycles. The van der Waals surface area contributed by atoms with Crippen LogP contribution >= 0.6 is 23.5 Å². The molecule has 8 heteroatoms. The lowest BCUT2D eigenvalue weighted by Gasteiger charge is -2.23. The molecule has 2 aliphatic heterocycles. The third-order valence-corrected chi connectivity index (χ3v) is 10.7. The summed E-state index contributed by atoms with van der Waals surface area (Å²) in [6.07, 6.45) is 8.45. The number of aromatic amines is 2. The number of thioether (sulfide) groups is 2. The second-order valence-electron chi connectivity index (χ2n) is 15.0. The average molecular weight is 699 g/mol. The van der Waals surface area contributed by atoms with E-state index in [9.17, 15) is 0 Å². The second-order valence-corrected chi connectivity index (χ2v) is 17.3. The van der Waals surface area contributed by atoms with Crippen LogP contribution in [0.3, 0.4) is 0 Å². The molecule has 7 rings (SSSR count). The topological polar surface area (TPSA) is 57.4 Å². The van der Waals surface area contributed by atoms with Crippen LogP contribution in [0.4, 0.5) is 0 Å². The van der Waals surface area contributed by atoms with E-state index in [-0.39, 0.29) is 0 Å². The number of nitrogens with one attached hydrogen (secondary N) is 2. The van der Waals surface area contributed by atoms with Crippen molar-refractivity contribution in [1.82, 2.24) is 19.9 Å². The fourth-order valence-corrected chi connectivity index (χ4v) is 8.40. The van der Waals surface area contributed by atoms with E-state index in [1.165, 1.54) is 9.79 Å². The summed E-state index contributed by atoms with van der Waals surface area (Å²) in [6.45, 7) is 2.24. The van der Waals surface area contributed by atoms with E-state index in [0.717, 1.165) is 101 Å². The van der Waals surface area contributed by atoms with Crippen molar-refractivity contribution >= 4 is 69.9 Å². The molecule has 0 fully saturated rings. The molecule has 50 heavy (non-hydrogen) atoms. The molecule has 0 amide bonds. The predicted molar refractivity (Wildman–Crippen MR) is 217 cm³/mol. The summed E-state index contributed by atoms with van der Waals surface area (Å²) in [5, 5.41) is 0. The van der Waals surface area contributed by atoms with E-state index in [1.807, 2.05) is 23.5 Å². The number of hydrogen-bond acceptors (Lipinski definition) is 4. The lowest BCUT2D eigenvalue weighted by molar-refractivity contribution is -0.867. The Morgan fingerprint density at radius 1 is 0.500 bits per heavy atom. The number of hydrogen-bond donors (Lipinski definition) is 2. The highest BCUT2D eigenvalue weighted by Gasteiger charge is 2.14. The number of benzene rings is 2. The van der Waals surface area contributed by atoms with Gasteiger partial charge in [-0.1, -0.05) is 24.3 Å². The van der Waals surface area contributed by atoms with Gasteiger partial charge in [-0.25, -0.2) is 9.97 Å². The highest BCUT2D eigenvalue weighted by atomic mass is 32.2. The molecule has 0 atom stereocenters. The maximum Gasteiger partial charge on any atom is 0.0875 e. The standard InChI is InChI=1S/C42H46N6S2/c1-47(2,3)23-25-49-35-15-7-29(8-16-35)41-37-19-11-31(43-37)27-33-13-21-39(45-33)42(30-9-17-36(18-10-30)50-26-24-48(4,5)6)40-22-14-34(46-40)28-32-12-20-38(41)44-32/h7-22,27-28,43,46H,23-26H2,1-6H3/q+2. The summed E-state index contributed by atoms with van der Waals surface area (Å²) in [7, 11) is 13.4. The molecule has 3 aromatic heterocycles. The van der Waals surface area contributed by atoms with Crippen molar-refractivity contribution < 1.29 is 8.97 Å². The first kappa shape index (κ1) is 34.1. The van der Waals surface area contributed by atoms with Crippen LogP contribution in [0.5, 0.6) is 0 Å². The van der Waals surface area contributed by atoms with E-state index in [1.54, 1.807) is 0 Å². The molecular formula is C42H46N6S2+2. The largest absolute Gasteiger partial charge is 0.355 e. The van der Waals surface area contributed by atoms with Crippen LogP contribution in [0.15, 0.2) is 94.7 Å². The quantitative estimate of drug-likeness (QED) is 0.110. The Bertz CT molecular complexity index is 2070. The summed E-state index contributed by atoms with van der Waals surface area (Å²) in [5.41, 5.74) is 12.2. The van der Waals surface area contributed by atoms with Crippen LogP contribution in [-0.2, 0) is 0 Å². The Morgan fingerprint density at radius 3 is 1.28 bits per heavy atom. The van der Waals surface area contributed by atoms with Gasteiger partial charge in [0.05, 0.1) is 78.2 Å². The van der Waals surface area contributed by atoms with Gasteiger partial charge in [-0.05, 0) is 96.1 Å². The van der Waals surface area contributed by atoms with E-state index < -0.39 is 0 Å². The fraction of sp³-hybridized carbons (Fsp3) is 0.238. The molecule has 8 bridgehead atoms. The van der Waals surface area contributed by atoms with Gasteiger partial charge < -0.3 is 18.9 Å². The zero-order valence-corrected chi connectivity index (χ0v) is 31.5. The Hall–Kier alpha value is -4.34. The lowest BCUT2D eigenvalue weighted by Crippen LogP contribution is -2.36. The number of nitrogens with zero attached hydrogens (tertiary/aromatic N) is 4. The van der Waals surface area contributed by atoms with Gasteiger partial charge in [0.25, 0.3) is 0 Å². The van der Waals surface area contributed by atoms with Crippen LogP contribution in [0.2, 0.25) is 0 Å². The SMILES string of the molecule is C[N+](C)(C)CCSc1ccc(-c2c3nc(cc4ccc([nH]4)c(-c4ccc(SCC[N+](C)(C)C)cc4)c4nc(cc5ccc2[nH]5)C=C4)C=C3)cc1. The minimum atomic E-state index is 0.911. The molecule has 6 nitrogen and oxygen atoms in total. The van der Waals surface area contributed by atoms with Gasteiger partial charge in [-0.15, -0.1) is 23.5 Å². The number of aromatic nitrogens is 4. The van der Waals surface area contributed by atoms with Gasteiger partial charge in [0.1, 0.15) is 0 Å². The Balaban J connectivity index is 1.30. The maximum atomic E-state index is 5.13. The number of quaternary nitrogens is 2. The van der Waals surface area contributed by atoms with Crippen LogP contribution in [-0.4, -0.2) is 95.8 Å². The van der Waals surface area contributed by atoms with Crippen molar-refractivity contribution in [1.29, 1.82) is 0 Å². The Kier molecular flexibility index (Phi) is 9.63. The normalized spacial score (nSPS) is 12.9. The molecule has 0 radical (unpaired) electrons. The molecule has 2 aliphatic rings. The molecule has 0 unspecified atom stereocenters. The molecule has 0 aliphatic carbocycles. The summed E-state index contributed by atoms with van der Waals surface area (Å²) in [6, 6.07) is 30.6. The van der Waals surface area contributed by atoms with Gasteiger partial charge in [0.2, 0.25) is 0 Å². The monoisotopic (exact) mass is 698 g/mol.